The van der Waals surface area contributed by atoms with E-state index in [9.17, 15) is 14.4 Å². The SMILES string of the molecule is O=C(Nc1ccc(NC(=O)C2CC2)nc1)c1n[nH]c(=O)c2ccccc12. The molecule has 4 rings (SSSR count). The fourth-order valence-electron chi connectivity index (χ4n) is 2.59. The summed E-state index contributed by atoms with van der Waals surface area (Å²) in [4.78, 5) is 40.1. The van der Waals surface area contributed by atoms with Crippen LogP contribution < -0.4 is 16.2 Å². The summed E-state index contributed by atoms with van der Waals surface area (Å²) in [6, 6.07) is 10.0. The second-order valence-electron chi connectivity index (χ2n) is 6.10. The number of carbonyl (C=O) groups excluding carboxylic acids is 2. The summed E-state index contributed by atoms with van der Waals surface area (Å²) in [5.41, 5.74) is 0.220. The van der Waals surface area contributed by atoms with Crippen LogP contribution in [-0.4, -0.2) is 27.0 Å². The molecule has 8 heteroatoms. The Hall–Kier alpha value is -3.55. The number of nitrogens with zero attached hydrogens (tertiary/aromatic N) is 2. The van der Waals surface area contributed by atoms with Crippen LogP contribution in [-0.2, 0) is 4.79 Å². The molecule has 2 heterocycles. The van der Waals surface area contributed by atoms with Crippen LogP contribution in [0.15, 0.2) is 47.4 Å². The van der Waals surface area contributed by atoms with Gasteiger partial charge in [0.2, 0.25) is 5.91 Å². The lowest BCUT2D eigenvalue weighted by Gasteiger charge is -2.08. The van der Waals surface area contributed by atoms with Crippen LogP contribution in [0, 0.1) is 5.92 Å². The van der Waals surface area contributed by atoms with Crippen LogP contribution in [0.25, 0.3) is 10.8 Å². The third-order valence-corrected chi connectivity index (χ3v) is 4.13. The van der Waals surface area contributed by atoms with Gasteiger partial charge in [0, 0.05) is 11.3 Å². The Morgan fingerprint density at radius 2 is 1.81 bits per heavy atom. The number of carbonyl (C=O) groups is 2. The largest absolute Gasteiger partial charge is 0.319 e. The first-order chi connectivity index (χ1) is 12.6. The highest BCUT2D eigenvalue weighted by molar-refractivity contribution is 6.11. The molecule has 3 aromatic rings. The Labute approximate surface area is 147 Å². The number of amides is 2. The Bertz CT molecular complexity index is 1050. The van der Waals surface area contributed by atoms with Gasteiger partial charge in [0.15, 0.2) is 5.69 Å². The van der Waals surface area contributed by atoms with Crippen LogP contribution in [0.5, 0.6) is 0 Å². The van der Waals surface area contributed by atoms with Crippen molar-refractivity contribution in [1.29, 1.82) is 0 Å². The van der Waals surface area contributed by atoms with Gasteiger partial charge in [0.25, 0.3) is 11.5 Å². The molecule has 0 unspecified atom stereocenters. The van der Waals surface area contributed by atoms with E-state index in [1.165, 1.54) is 6.20 Å². The summed E-state index contributed by atoms with van der Waals surface area (Å²) in [5, 5.41) is 12.5. The topological polar surface area (TPSA) is 117 Å². The molecular formula is C18H15N5O3. The van der Waals surface area contributed by atoms with E-state index >= 15 is 0 Å². The van der Waals surface area contributed by atoms with Crippen molar-refractivity contribution in [2.45, 2.75) is 12.8 Å². The summed E-state index contributed by atoms with van der Waals surface area (Å²) in [6.07, 6.45) is 3.29. The maximum atomic E-state index is 12.5. The summed E-state index contributed by atoms with van der Waals surface area (Å²) in [6.45, 7) is 0. The Kier molecular flexibility index (Phi) is 3.92. The molecule has 26 heavy (non-hydrogen) atoms. The highest BCUT2D eigenvalue weighted by atomic mass is 16.2. The van der Waals surface area contributed by atoms with Crippen molar-refractivity contribution >= 4 is 34.1 Å². The molecule has 2 amide bonds. The number of hydrogen-bond donors (Lipinski definition) is 3. The van der Waals surface area contributed by atoms with Gasteiger partial charge in [-0.2, -0.15) is 5.10 Å². The van der Waals surface area contributed by atoms with E-state index < -0.39 is 5.91 Å². The molecule has 0 aliphatic heterocycles. The van der Waals surface area contributed by atoms with E-state index in [1.54, 1.807) is 36.4 Å². The number of fused-ring (bicyclic) bond motifs is 1. The van der Waals surface area contributed by atoms with Crippen LogP contribution in [0.4, 0.5) is 11.5 Å². The first-order valence-corrected chi connectivity index (χ1v) is 8.17. The second kappa shape index (κ2) is 6.40. The molecule has 0 bridgehead atoms. The van der Waals surface area contributed by atoms with Gasteiger partial charge in [0.05, 0.1) is 17.3 Å². The predicted molar refractivity (Wildman–Crippen MR) is 95.9 cm³/mol. The number of aromatic nitrogens is 3. The molecule has 1 saturated carbocycles. The third kappa shape index (κ3) is 3.16. The maximum absolute atomic E-state index is 12.5. The van der Waals surface area contributed by atoms with E-state index in [0.29, 0.717) is 22.3 Å². The van der Waals surface area contributed by atoms with E-state index in [0.717, 1.165) is 12.8 Å². The smallest absolute Gasteiger partial charge is 0.276 e. The zero-order chi connectivity index (χ0) is 18.1. The number of pyridine rings is 1. The van der Waals surface area contributed by atoms with Gasteiger partial charge in [0.1, 0.15) is 5.82 Å². The van der Waals surface area contributed by atoms with Crippen molar-refractivity contribution in [3.05, 3.63) is 58.6 Å². The van der Waals surface area contributed by atoms with Crippen molar-refractivity contribution < 1.29 is 9.59 Å². The van der Waals surface area contributed by atoms with Gasteiger partial charge < -0.3 is 10.6 Å². The van der Waals surface area contributed by atoms with Crippen LogP contribution >= 0.6 is 0 Å². The molecule has 1 aliphatic carbocycles. The van der Waals surface area contributed by atoms with Crippen molar-refractivity contribution in [2.24, 2.45) is 5.92 Å². The predicted octanol–water partition coefficient (Wildman–Crippen LogP) is 1.92. The number of nitrogens with one attached hydrogen (secondary N) is 3. The summed E-state index contributed by atoms with van der Waals surface area (Å²) < 4.78 is 0. The zero-order valence-corrected chi connectivity index (χ0v) is 13.7. The lowest BCUT2D eigenvalue weighted by molar-refractivity contribution is -0.117. The summed E-state index contributed by atoms with van der Waals surface area (Å²) in [5.74, 6) is 0.0375. The molecule has 3 N–H and O–H groups in total. The zero-order valence-electron chi connectivity index (χ0n) is 13.7. The molecule has 0 saturated heterocycles. The number of hydrogen-bond acceptors (Lipinski definition) is 5. The first-order valence-electron chi connectivity index (χ1n) is 8.17. The lowest BCUT2D eigenvalue weighted by Crippen LogP contribution is -2.19. The van der Waals surface area contributed by atoms with E-state index in [1.807, 2.05) is 0 Å². The normalized spacial score (nSPS) is 13.4. The maximum Gasteiger partial charge on any atom is 0.276 e. The summed E-state index contributed by atoms with van der Waals surface area (Å²) >= 11 is 0. The third-order valence-electron chi connectivity index (χ3n) is 4.13. The summed E-state index contributed by atoms with van der Waals surface area (Å²) in [7, 11) is 0. The monoisotopic (exact) mass is 349 g/mol. The fraction of sp³-hybridized carbons (Fsp3) is 0.167. The molecule has 8 nitrogen and oxygen atoms in total. The molecule has 0 spiro atoms. The Balaban J connectivity index is 1.52. The number of rotatable bonds is 4. The van der Waals surface area contributed by atoms with Crippen molar-refractivity contribution in [3.63, 3.8) is 0 Å². The Morgan fingerprint density at radius 3 is 2.50 bits per heavy atom. The quantitative estimate of drug-likeness (QED) is 0.665. The fourth-order valence-corrected chi connectivity index (χ4v) is 2.59. The standard InChI is InChI=1S/C18H15N5O3/c24-16(10-5-6-10)21-14-8-7-11(9-19-14)20-18(26)15-12-3-1-2-4-13(12)17(25)23-22-15/h1-4,7-10H,5-6H2,(H,20,26)(H,23,25)(H,19,21,24). The highest BCUT2D eigenvalue weighted by Gasteiger charge is 2.29. The van der Waals surface area contributed by atoms with Crippen LogP contribution in [0.2, 0.25) is 0 Å². The van der Waals surface area contributed by atoms with Gasteiger partial charge in [-0.25, -0.2) is 10.1 Å². The van der Waals surface area contributed by atoms with Crippen molar-refractivity contribution in [3.8, 4) is 0 Å². The van der Waals surface area contributed by atoms with Gasteiger partial charge >= 0.3 is 0 Å². The van der Waals surface area contributed by atoms with E-state index in [4.69, 9.17) is 0 Å². The van der Waals surface area contributed by atoms with E-state index in [2.05, 4.69) is 25.8 Å². The molecular weight excluding hydrogens is 334 g/mol. The molecule has 0 atom stereocenters. The number of aromatic amines is 1. The van der Waals surface area contributed by atoms with Crippen LogP contribution in [0.1, 0.15) is 23.3 Å². The van der Waals surface area contributed by atoms with Gasteiger partial charge in [-0.1, -0.05) is 18.2 Å². The van der Waals surface area contributed by atoms with Crippen LogP contribution in [0.3, 0.4) is 0 Å². The lowest BCUT2D eigenvalue weighted by atomic mass is 10.1. The number of benzene rings is 1. The minimum absolute atomic E-state index is 0.0294. The minimum Gasteiger partial charge on any atom is -0.319 e. The molecule has 1 aliphatic rings. The van der Waals surface area contributed by atoms with E-state index in [-0.39, 0.29) is 23.1 Å². The number of anilines is 2. The second-order valence-corrected chi connectivity index (χ2v) is 6.10. The van der Waals surface area contributed by atoms with Gasteiger partial charge in [-0.05, 0) is 31.0 Å². The van der Waals surface area contributed by atoms with Crippen molar-refractivity contribution in [1.82, 2.24) is 15.2 Å². The average Bonchev–Trinajstić information content (AvgIpc) is 3.49. The highest BCUT2D eigenvalue weighted by Crippen LogP contribution is 2.30. The Morgan fingerprint density at radius 1 is 1.04 bits per heavy atom. The molecule has 0 radical (unpaired) electrons. The minimum atomic E-state index is -0.464. The molecule has 1 fully saturated rings. The average molecular weight is 349 g/mol. The number of H-pyrrole nitrogens is 1. The van der Waals surface area contributed by atoms with Crippen molar-refractivity contribution in [2.75, 3.05) is 10.6 Å². The molecule has 2 aromatic heterocycles. The first kappa shape index (κ1) is 15.9. The molecule has 1 aromatic carbocycles. The van der Waals surface area contributed by atoms with Gasteiger partial charge in [-0.3, -0.25) is 14.4 Å². The van der Waals surface area contributed by atoms with Gasteiger partial charge in [-0.15, -0.1) is 0 Å². The molecule has 130 valence electrons.